The summed E-state index contributed by atoms with van der Waals surface area (Å²) in [6.07, 6.45) is 0. The molecule has 1 saturated heterocycles. The number of carbonyl (C=O) groups is 1. The first-order valence-electron chi connectivity index (χ1n) is 10.3. The number of rotatable bonds is 5. The van der Waals surface area contributed by atoms with Crippen molar-refractivity contribution >= 4 is 28.2 Å². The van der Waals surface area contributed by atoms with Crippen LogP contribution in [-0.4, -0.2) is 70.9 Å². The Morgan fingerprint density at radius 3 is 2.56 bits per heavy atom. The van der Waals surface area contributed by atoms with E-state index < -0.39 is 4.92 Å². The first kappa shape index (κ1) is 21.4. The second-order valence-electron chi connectivity index (χ2n) is 7.95. The summed E-state index contributed by atoms with van der Waals surface area (Å²) < 4.78 is 0. The number of piperazine rings is 1. The molecule has 1 aromatic heterocycles. The molecular formula is C22H24N6O4. The second-order valence-corrected chi connectivity index (χ2v) is 7.95. The van der Waals surface area contributed by atoms with Gasteiger partial charge in [-0.25, -0.2) is 4.98 Å². The van der Waals surface area contributed by atoms with Gasteiger partial charge in [0.15, 0.2) is 0 Å². The van der Waals surface area contributed by atoms with E-state index in [1.165, 1.54) is 6.07 Å². The number of aromatic nitrogens is 2. The van der Waals surface area contributed by atoms with Crippen molar-refractivity contribution < 1.29 is 9.72 Å². The first-order valence-corrected chi connectivity index (χ1v) is 10.3. The van der Waals surface area contributed by atoms with Crippen molar-refractivity contribution in [1.82, 2.24) is 19.8 Å². The van der Waals surface area contributed by atoms with Crippen LogP contribution in [0.3, 0.4) is 0 Å². The number of carbonyl (C=O) groups excluding carboxylic acids is 1. The van der Waals surface area contributed by atoms with E-state index in [0.29, 0.717) is 60.7 Å². The molecule has 10 heteroatoms. The molecule has 0 unspecified atom stereocenters. The molecule has 0 saturated carbocycles. The van der Waals surface area contributed by atoms with Gasteiger partial charge in [0.25, 0.3) is 17.2 Å². The quantitative estimate of drug-likeness (QED) is 0.479. The Hall–Kier alpha value is -3.79. The number of benzene rings is 2. The van der Waals surface area contributed by atoms with Crippen LogP contribution in [0.2, 0.25) is 0 Å². The summed E-state index contributed by atoms with van der Waals surface area (Å²) in [7, 11) is 3.45. The summed E-state index contributed by atoms with van der Waals surface area (Å²) in [5.41, 5.74) is 1.15. The molecule has 1 amide bonds. The van der Waals surface area contributed by atoms with E-state index in [1.807, 2.05) is 12.1 Å². The lowest BCUT2D eigenvalue weighted by atomic mass is 10.1. The van der Waals surface area contributed by atoms with Crippen LogP contribution in [0, 0.1) is 10.1 Å². The molecule has 4 rings (SSSR count). The van der Waals surface area contributed by atoms with Gasteiger partial charge in [-0.05, 0) is 24.3 Å². The molecule has 1 N–H and O–H groups in total. The molecule has 0 bridgehead atoms. The van der Waals surface area contributed by atoms with Crippen molar-refractivity contribution in [1.29, 1.82) is 0 Å². The normalized spacial score (nSPS) is 14.5. The SMILES string of the molecule is CN(C)c1ccc(C(=O)N2CCN(Cc3nc4ccccc4c(=O)[nH]3)CC2)cc1[N+](=O)[O-]. The van der Waals surface area contributed by atoms with Gasteiger partial charge in [-0.2, -0.15) is 0 Å². The summed E-state index contributed by atoms with van der Waals surface area (Å²) in [6, 6.07) is 11.8. The number of hydrogen-bond acceptors (Lipinski definition) is 7. The zero-order valence-electron chi connectivity index (χ0n) is 17.9. The van der Waals surface area contributed by atoms with Crippen LogP contribution in [0.15, 0.2) is 47.3 Å². The number of fused-ring (bicyclic) bond motifs is 1. The highest BCUT2D eigenvalue weighted by molar-refractivity contribution is 5.96. The van der Waals surface area contributed by atoms with Crippen molar-refractivity contribution in [3.63, 3.8) is 0 Å². The predicted molar refractivity (Wildman–Crippen MR) is 121 cm³/mol. The number of aromatic amines is 1. The Kier molecular flexibility index (Phi) is 5.87. The highest BCUT2D eigenvalue weighted by Gasteiger charge is 2.25. The van der Waals surface area contributed by atoms with Crippen molar-refractivity contribution in [3.05, 3.63) is 74.3 Å². The maximum absolute atomic E-state index is 12.9. The van der Waals surface area contributed by atoms with E-state index in [-0.39, 0.29) is 17.2 Å². The van der Waals surface area contributed by atoms with Crippen molar-refractivity contribution in [2.24, 2.45) is 0 Å². The first-order chi connectivity index (χ1) is 15.3. The molecule has 32 heavy (non-hydrogen) atoms. The molecule has 1 aliphatic heterocycles. The number of nitro groups is 1. The van der Waals surface area contributed by atoms with Gasteiger partial charge in [-0.15, -0.1) is 0 Å². The summed E-state index contributed by atoms with van der Waals surface area (Å²) in [6.45, 7) is 2.67. The minimum atomic E-state index is -0.471. The number of para-hydroxylation sites is 1. The number of nitrogens with zero attached hydrogens (tertiary/aromatic N) is 5. The molecule has 1 fully saturated rings. The molecule has 0 aliphatic carbocycles. The molecular weight excluding hydrogens is 412 g/mol. The van der Waals surface area contributed by atoms with Crippen LogP contribution in [0.25, 0.3) is 10.9 Å². The predicted octanol–water partition coefficient (Wildman–Crippen LogP) is 1.86. The molecule has 0 spiro atoms. The van der Waals surface area contributed by atoms with Gasteiger partial charge in [0.1, 0.15) is 11.5 Å². The Balaban J connectivity index is 1.43. The molecule has 0 atom stereocenters. The van der Waals surface area contributed by atoms with E-state index in [9.17, 15) is 19.7 Å². The number of anilines is 1. The highest BCUT2D eigenvalue weighted by atomic mass is 16.6. The van der Waals surface area contributed by atoms with E-state index in [4.69, 9.17) is 0 Å². The van der Waals surface area contributed by atoms with Crippen LogP contribution < -0.4 is 10.5 Å². The largest absolute Gasteiger partial charge is 0.372 e. The third kappa shape index (κ3) is 4.30. The summed E-state index contributed by atoms with van der Waals surface area (Å²) in [4.78, 5) is 49.0. The Labute approximate surface area is 184 Å². The van der Waals surface area contributed by atoms with E-state index in [0.717, 1.165) is 0 Å². The smallest absolute Gasteiger partial charge is 0.293 e. The van der Waals surface area contributed by atoms with Crippen LogP contribution in [-0.2, 0) is 6.54 Å². The lowest BCUT2D eigenvalue weighted by molar-refractivity contribution is -0.384. The number of hydrogen-bond donors (Lipinski definition) is 1. The van der Waals surface area contributed by atoms with E-state index >= 15 is 0 Å². The van der Waals surface area contributed by atoms with E-state index in [2.05, 4.69) is 14.9 Å². The fraction of sp³-hybridized carbons (Fsp3) is 0.318. The Morgan fingerprint density at radius 2 is 1.88 bits per heavy atom. The van der Waals surface area contributed by atoms with Gasteiger partial charge in [-0.3, -0.25) is 24.6 Å². The molecule has 2 heterocycles. The molecule has 1 aliphatic rings. The molecule has 10 nitrogen and oxygen atoms in total. The average Bonchev–Trinajstić information content (AvgIpc) is 2.78. The number of H-pyrrole nitrogens is 1. The van der Waals surface area contributed by atoms with Crippen molar-refractivity contribution in [3.8, 4) is 0 Å². The van der Waals surface area contributed by atoms with Crippen molar-refractivity contribution in [2.75, 3.05) is 45.2 Å². The summed E-state index contributed by atoms with van der Waals surface area (Å²) in [5, 5.41) is 12.0. The summed E-state index contributed by atoms with van der Waals surface area (Å²) >= 11 is 0. The standard InChI is InChI=1S/C22H24N6O4/c1-25(2)18-8-7-15(13-19(18)28(31)32)22(30)27-11-9-26(10-12-27)14-20-23-17-6-4-3-5-16(17)21(29)24-20/h3-8,13H,9-12,14H2,1-2H3,(H,23,24,29). The van der Waals surface area contributed by atoms with Gasteiger partial charge in [-0.1, -0.05) is 12.1 Å². The van der Waals surface area contributed by atoms with Crippen LogP contribution in [0.5, 0.6) is 0 Å². The lowest BCUT2D eigenvalue weighted by Gasteiger charge is -2.34. The monoisotopic (exact) mass is 436 g/mol. The third-order valence-corrected chi connectivity index (χ3v) is 5.60. The molecule has 166 valence electrons. The number of nitrogens with one attached hydrogen (secondary N) is 1. The number of amides is 1. The molecule has 0 radical (unpaired) electrons. The van der Waals surface area contributed by atoms with E-state index in [1.54, 1.807) is 48.2 Å². The van der Waals surface area contributed by atoms with Gasteiger partial charge < -0.3 is 14.8 Å². The molecule has 2 aromatic carbocycles. The van der Waals surface area contributed by atoms with Gasteiger partial charge >= 0.3 is 0 Å². The highest BCUT2D eigenvalue weighted by Crippen LogP contribution is 2.28. The van der Waals surface area contributed by atoms with Gasteiger partial charge in [0, 0.05) is 51.9 Å². The zero-order chi connectivity index (χ0) is 22.8. The lowest BCUT2D eigenvalue weighted by Crippen LogP contribution is -2.48. The maximum Gasteiger partial charge on any atom is 0.293 e. The van der Waals surface area contributed by atoms with Gasteiger partial charge in [0.2, 0.25) is 0 Å². The van der Waals surface area contributed by atoms with Crippen LogP contribution >= 0.6 is 0 Å². The fourth-order valence-corrected chi connectivity index (χ4v) is 3.89. The molecule has 3 aromatic rings. The maximum atomic E-state index is 12.9. The Bertz CT molecular complexity index is 1230. The minimum absolute atomic E-state index is 0.0918. The summed E-state index contributed by atoms with van der Waals surface area (Å²) in [5.74, 6) is 0.360. The van der Waals surface area contributed by atoms with Crippen LogP contribution in [0.4, 0.5) is 11.4 Å². The van der Waals surface area contributed by atoms with Crippen LogP contribution in [0.1, 0.15) is 16.2 Å². The zero-order valence-corrected chi connectivity index (χ0v) is 17.9. The topological polar surface area (TPSA) is 116 Å². The van der Waals surface area contributed by atoms with Crippen molar-refractivity contribution in [2.45, 2.75) is 6.54 Å². The second kappa shape index (κ2) is 8.75. The third-order valence-electron chi connectivity index (χ3n) is 5.60. The number of nitro benzene ring substituents is 1. The average molecular weight is 436 g/mol. The minimum Gasteiger partial charge on any atom is -0.372 e. The van der Waals surface area contributed by atoms with Gasteiger partial charge in [0.05, 0.1) is 22.4 Å². The Morgan fingerprint density at radius 1 is 1.16 bits per heavy atom. The fourth-order valence-electron chi connectivity index (χ4n) is 3.89.